The standard InChI is InChI=1S/C23H29N3O3/c1-23(2,3)13-7-8-17-14(9-13)21(16(12-24)22(25)26-17)15-10-19(28-5)20(29-6)11-18(15)27-4/h10-11,13H,7-9H2,1-6H3,(H2,25,26). The lowest BCUT2D eigenvalue weighted by atomic mass is 9.70. The number of anilines is 1. The fraction of sp³-hybridized carbons (Fsp3) is 0.478. The number of ether oxygens (including phenoxy) is 3. The summed E-state index contributed by atoms with van der Waals surface area (Å²) >= 11 is 0. The van der Waals surface area contributed by atoms with E-state index < -0.39 is 0 Å². The highest BCUT2D eigenvalue weighted by molar-refractivity contribution is 5.84. The second-order valence-electron chi connectivity index (χ2n) is 8.50. The summed E-state index contributed by atoms with van der Waals surface area (Å²) in [6, 6.07) is 5.90. The van der Waals surface area contributed by atoms with Crippen LogP contribution in [0.25, 0.3) is 11.1 Å². The molecule has 0 saturated carbocycles. The van der Waals surface area contributed by atoms with Gasteiger partial charge in [0.15, 0.2) is 11.5 Å². The Bertz CT molecular complexity index is 971. The molecule has 6 heteroatoms. The monoisotopic (exact) mass is 395 g/mol. The SMILES string of the molecule is COc1cc(OC)c(-c2c(C#N)c(N)nc3c2CC(C(C)(C)C)CC3)cc1OC. The van der Waals surface area contributed by atoms with Gasteiger partial charge < -0.3 is 19.9 Å². The summed E-state index contributed by atoms with van der Waals surface area (Å²) in [4.78, 5) is 4.58. The molecule has 29 heavy (non-hydrogen) atoms. The number of aryl methyl sites for hydroxylation is 1. The number of pyridine rings is 1. The van der Waals surface area contributed by atoms with Crippen molar-refractivity contribution in [3.63, 3.8) is 0 Å². The molecule has 0 amide bonds. The number of nitrogens with zero attached hydrogens (tertiary/aromatic N) is 2. The topological polar surface area (TPSA) is 90.4 Å². The van der Waals surface area contributed by atoms with Gasteiger partial charge in [-0.25, -0.2) is 4.98 Å². The van der Waals surface area contributed by atoms with E-state index >= 15 is 0 Å². The molecule has 154 valence electrons. The van der Waals surface area contributed by atoms with Crippen LogP contribution in [0.15, 0.2) is 12.1 Å². The second-order valence-corrected chi connectivity index (χ2v) is 8.50. The Labute approximate surface area is 172 Å². The van der Waals surface area contributed by atoms with Crippen molar-refractivity contribution in [3.8, 4) is 34.4 Å². The summed E-state index contributed by atoms with van der Waals surface area (Å²) in [7, 11) is 4.77. The van der Waals surface area contributed by atoms with E-state index in [2.05, 4.69) is 31.8 Å². The summed E-state index contributed by atoms with van der Waals surface area (Å²) < 4.78 is 16.6. The first kappa shape index (κ1) is 20.8. The van der Waals surface area contributed by atoms with Crippen LogP contribution >= 0.6 is 0 Å². The molecule has 1 aliphatic rings. The lowest BCUT2D eigenvalue weighted by Crippen LogP contribution is -2.28. The number of aromatic nitrogens is 1. The predicted molar refractivity (Wildman–Crippen MR) is 113 cm³/mol. The lowest BCUT2D eigenvalue weighted by molar-refractivity contribution is 0.215. The van der Waals surface area contributed by atoms with Gasteiger partial charge in [-0.1, -0.05) is 20.8 Å². The number of nitrogens with two attached hydrogens (primary N) is 1. The highest BCUT2D eigenvalue weighted by Gasteiger charge is 2.33. The van der Waals surface area contributed by atoms with E-state index in [0.29, 0.717) is 28.7 Å². The van der Waals surface area contributed by atoms with Gasteiger partial charge in [0, 0.05) is 22.9 Å². The molecule has 6 nitrogen and oxygen atoms in total. The molecule has 0 fully saturated rings. The number of benzene rings is 1. The molecule has 2 aromatic rings. The normalized spacial score (nSPS) is 16.0. The molecular formula is C23H29N3O3. The molecule has 1 aliphatic carbocycles. The maximum Gasteiger partial charge on any atom is 0.164 e. The zero-order chi connectivity index (χ0) is 21.3. The zero-order valence-corrected chi connectivity index (χ0v) is 18.0. The van der Waals surface area contributed by atoms with Gasteiger partial charge in [0.25, 0.3) is 0 Å². The Morgan fingerprint density at radius 2 is 1.69 bits per heavy atom. The quantitative estimate of drug-likeness (QED) is 0.826. The average Bonchev–Trinajstić information content (AvgIpc) is 2.70. The largest absolute Gasteiger partial charge is 0.496 e. The van der Waals surface area contributed by atoms with Crippen molar-refractivity contribution in [1.82, 2.24) is 4.98 Å². The number of hydrogen-bond acceptors (Lipinski definition) is 6. The lowest BCUT2D eigenvalue weighted by Gasteiger charge is -2.36. The van der Waals surface area contributed by atoms with Crippen LogP contribution in [0.1, 0.15) is 44.0 Å². The van der Waals surface area contributed by atoms with Crippen LogP contribution in [0.4, 0.5) is 5.82 Å². The smallest absolute Gasteiger partial charge is 0.164 e. The van der Waals surface area contributed by atoms with Crippen LogP contribution in [0.5, 0.6) is 17.2 Å². The van der Waals surface area contributed by atoms with Crippen molar-refractivity contribution in [2.45, 2.75) is 40.0 Å². The Kier molecular flexibility index (Phi) is 5.61. The number of nitriles is 1. The van der Waals surface area contributed by atoms with Crippen molar-refractivity contribution < 1.29 is 14.2 Å². The van der Waals surface area contributed by atoms with Crippen LogP contribution < -0.4 is 19.9 Å². The van der Waals surface area contributed by atoms with E-state index in [-0.39, 0.29) is 11.2 Å². The second kappa shape index (κ2) is 7.82. The minimum atomic E-state index is 0.158. The number of methoxy groups -OCH3 is 3. The van der Waals surface area contributed by atoms with Crippen LogP contribution in [0.2, 0.25) is 0 Å². The van der Waals surface area contributed by atoms with Crippen LogP contribution in [0.3, 0.4) is 0 Å². The van der Waals surface area contributed by atoms with Gasteiger partial charge in [-0.05, 0) is 42.2 Å². The molecular weight excluding hydrogens is 366 g/mol. The molecule has 1 unspecified atom stereocenters. The summed E-state index contributed by atoms with van der Waals surface area (Å²) in [6.45, 7) is 6.78. The van der Waals surface area contributed by atoms with Gasteiger partial charge in [0.2, 0.25) is 0 Å². The zero-order valence-electron chi connectivity index (χ0n) is 18.0. The van der Waals surface area contributed by atoms with E-state index in [1.54, 1.807) is 27.4 Å². The Balaban J connectivity index is 2.33. The minimum Gasteiger partial charge on any atom is -0.496 e. The molecule has 0 aliphatic heterocycles. The van der Waals surface area contributed by atoms with E-state index in [0.717, 1.165) is 41.6 Å². The van der Waals surface area contributed by atoms with Gasteiger partial charge in [0.1, 0.15) is 23.2 Å². The van der Waals surface area contributed by atoms with E-state index in [1.807, 2.05) is 6.07 Å². The molecule has 0 radical (unpaired) electrons. The Morgan fingerprint density at radius 1 is 1.07 bits per heavy atom. The van der Waals surface area contributed by atoms with E-state index in [9.17, 15) is 5.26 Å². The summed E-state index contributed by atoms with van der Waals surface area (Å²) in [6.07, 6.45) is 2.74. The van der Waals surface area contributed by atoms with Gasteiger partial charge in [0.05, 0.1) is 21.3 Å². The summed E-state index contributed by atoms with van der Waals surface area (Å²) in [5, 5.41) is 9.91. The fourth-order valence-electron chi connectivity index (χ4n) is 4.15. The predicted octanol–water partition coefficient (Wildman–Crippen LogP) is 4.38. The van der Waals surface area contributed by atoms with Crippen molar-refractivity contribution in [3.05, 3.63) is 29.0 Å². The third-order valence-electron chi connectivity index (χ3n) is 5.90. The third-order valence-corrected chi connectivity index (χ3v) is 5.90. The molecule has 2 N–H and O–H groups in total. The van der Waals surface area contributed by atoms with E-state index in [4.69, 9.17) is 19.9 Å². The maximum atomic E-state index is 9.91. The maximum absolute atomic E-state index is 9.91. The fourth-order valence-corrected chi connectivity index (χ4v) is 4.15. The van der Waals surface area contributed by atoms with Crippen molar-refractivity contribution in [2.75, 3.05) is 27.1 Å². The van der Waals surface area contributed by atoms with Crippen LogP contribution in [-0.4, -0.2) is 26.3 Å². The van der Waals surface area contributed by atoms with Crippen molar-refractivity contribution in [1.29, 1.82) is 5.26 Å². The van der Waals surface area contributed by atoms with Crippen LogP contribution in [0, 0.1) is 22.7 Å². The molecule has 0 saturated heterocycles. The highest BCUT2D eigenvalue weighted by atomic mass is 16.5. The molecule has 3 rings (SSSR count). The van der Waals surface area contributed by atoms with Crippen molar-refractivity contribution >= 4 is 5.82 Å². The molecule has 1 aromatic heterocycles. The Hall–Kier alpha value is -2.94. The van der Waals surface area contributed by atoms with Crippen molar-refractivity contribution in [2.24, 2.45) is 11.3 Å². The van der Waals surface area contributed by atoms with Gasteiger partial charge in [-0.3, -0.25) is 0 Å². The van der Waals surface area contributed by atoms with Crippen LogP contribution in [-0.2, 0) is 12.8 Å². The Morgan fingerprint density at radius 3 is 2.24 bits per heavy atom. The molecule has 1 aromatic carbocycles. The highest BCUT2D eigenvalue weighted by Crippen LogP contribution is 2.47. The summed E-state index contributed by atoms with van der Waals surface area (Å²) in [5.41, 5.74) is 10.3. The molecule has 1 heterocycles. The first-order valence-corrected chi connectivity index (χ1v) is 9.76. The number of fused-ring (bicyclic) bond motifs is 1. The molecule has 1 atom stereocenters. The first-order chi connectivity index (χ1) is 13.7. The molecule has 0 bridgehead atoms. The molecule has 0 spiro atoms. The number of hydrogen-bond donors (Lipinski definition) is 1. The number of rotatable bonds is 4. The summed E-state index contributed by atoms with van der Waals surface area (Å²) in [5.74, 6) is 2.48. The average molecular weight is 396 g/mol. The third kappa shape index (κ3) is 3.69. The van der Waals surface area contributed by atoms with Gasteiger partial charge >= 0.3 is 0 Å². The number of nitrogen functional groups attached to an aromatic ring is 1. The first-order valence-electron chi connectivity index (χ1n) is 9.76. The van der Waals surface area contributed by atoms with Gasteiger partial charge in [-0.15, -0.1) is 0 Å². The minimum absolute atomic E-state index is 0.158. The van der Waals surface area contributed by atoms with E-state index in [1.165, 1.54) is 0 Å². The van der Waals surface area contributed by atoms with Gasteiger partial charge in [-0.2, -0.15) is 5.26 Å².